The van der Waals surface area contributed by atoms with Crippen LogP contribution in [0.3, 0.4) is 0 Å². The van der Waals surface area contributed by atoms with E-state index in [0.717, 1.165) is 26.6 Å². The van der Waals surface area contributed by atoms with Crippen LogP contribution in [-0.2, 0) is 0 Å². The number of nitrogens with zero attached hydrogens (tertiary/aromatic N) is 2. The zero-order valence-corrected chi connectivity index (χ0v) is 16.4. The first kappa shape index (κ1) is 17.0. The van der Waals surface area contributed by atoms with E-state index in [1.165, 1.54) is 22.3 Å². The molecule has 0 spiro atoms. The normalized spacial score (nSPS) is 11.1. The van der Waals surface area contributed by atoms with Crippen LogP contribution in [0, 0.1) is 20.8 Å². The van der Waals surface area contributed by atoms with Crippen LogP contribution in [0.1, 0.15) is 16.7 Å². The fourth-order valence-corrected chi connectivity index (χ4v) is 4.49. The lowest BCUT2D eigenvalue weighted by Gasteiger charge is -2.14. The van der Waals surface area contributed by atoms with Crippen molar-refractivity contribution in [2.75, 3.05) is 5.32 Å². The maximum atomic E-state index is 6.19. The first-order valence-electron chi connectivity index (χ1n) is 8.38. The lowest BCUT2D eigenvalue weighted by Crippen LogP contribution is -2.00. The number of hydrogen-bond donors (Lipinski definition) is 1. The number of fused-ring (bicyclic) bond motifs is 1. The van der Waals surface area contributed by atoms with Crippen molar-refractivity contribution in [2.45, 2.75) is 20.8 Å². The number of halogens is 1. The fraction of sp³-hybridized carbons (Fsp3) is 0.143. The number of aryl methyl sites for hydroxylation is 3. The zero-order chi connectivity index (χ0) is 18.3. The SMILES string of the molecule is Cc1cc(C)c(Nc2nc(Cl)nc3sc(-c4ccccc4)cc23)c(C)c1. The Balaban J connectivity index is 1.84. The Morgan fingerprint density at radius 1 is 0.923 bits per heavy atom. The molecule has 0 saturated carbocycles. The van der Waals surface area contributed by atoms with Gasteiger partial charge >= 0.3 is 0 Å². The topological polar surface area (TPSA) is 37.8 Å². The molecule has 0 amide bonds. The summed E-state index contributed by atoms with van der Waals surface area (Å²) in [5, 5.41) is 4.72. The van der Waals surface area contributed by atoms with Crippen LogP contribution < -0.4 is 5.32 Å². The van der Waals surface area contributed by atoms with E-state index >= 15 is 0 Å². The van der Waals surface area contributed by atoms with Crippen molar-refractivity contribution in [1.29, 1.82) is 0 Å². The fourth-order valence-electron chi connectivity index (χ4n) is 3.23. The second-order valence-electron chi connectivity index (χ2n) is 6.44. The van der Waals surface area contributed by atoms with E-state index in [1.807, 2.05) is 18.2 Å². The van der Waals surface area contributed by atoms with Crippen molar-refractivity contribution in [2.24, 2.45) is 0 Å². The molecule has 4 aromatic rings. The van der Waals surface area contributed by atoms with Crippen LogP contribution in [0.5, 0.6) is 0 Å². The Hall–Kier alpha value is -2.43. The highest BCUT2D eigenvalue weighted by molar-refractivity contribution is 7.22. The summed E-state index contributed by atoms with van der Waals surface area (Å²) in [6.45, 7) is 6.31. The minimum Gasteiger partial charge on any atom is -0.339 e. The van der Waals surface area contributed by atoms with Crippen molar-refractivity contribution in [3.8, 4) is 10.4 Å². The van der Waals surface area contributed by atoms with Crippen molar-refractivity contribution in [3.05, 3.63) is 70.5 Å². The third-order valence-corrected chi connectivity index (χ3v) is 5.59. The van der Waals surface area contributed by atoms with Gasteiger partial charge in [0.05, 0.1) is 5.39 Å². The maximum absolute atomic E-state index is 6.19. The number of anilines is 2. The van der Waals surface area contributed by atoms with Crippen molar-refractivity contribution >= 4 is 44.7 Å². The Bertz CT molecular complexity index is 1080. The number of aromatic nitrogens is 2. The number of hydrogen-bond acceptors (Lipinski definition) is 4. The quantitative estimate of drug-likeness (QED) is 0.403. The number of nitrogens with one attached hydrogen (secondary N) is 1. The first-order chi connectivity index (χ1) is 12.5. The second kappa shape index (κ2) is 6.71. The summed E-state index contributed by atoms with van der Waals surface area (Å²) < 4.78 is 0. The molecular formula is C21H18ClN3S. The standard InChI is InChI=1S/C21H18ClN3S/c1-12-9-13(2)18(14(3)10-12)23-19-16-11-17(15-7-5-4-6-8-15)26-20(16)25-21(22)24-19/h4-11H,1-3H3,(H,23,24,25). The molecule has 0 radical (unpaired) electrons. The summed E-state index contributed by atoms with van der Waals surface area (Å²) >= 11 is 7.82. The van der Waals surface area contributed by atoms with Crippen LogP contribution in [0.25, 0.3) is 20.7 Å². The summed E-state index contributed by atoms with van der Waals surface area (Å²) in [4.78, 5) is 10.9. The minimum absolute atomic E-state index is 0.254. The Kier molecular flexibility index (Phi) is 4.39. The van der Waals surface area contributed by atoms with E-state index in [-0.39, 0.29) is 5.28 Å². The number of rotatable bonds is 3. The van der Waals surface area contributed by atoms with Gasteiger partial charge in [0.1, 0.15) is 10.6 Å². The summed E-state index contributed by atoms with van der Waals surface area (Å²) in [6.07, 6.45) is 0. The van der Waals surface area contributed by atoms with E-state index in [1.54, 1.807) is 11.3 Å². The molecule has 2 aromatic carbocycles. The van der Waals surface area contributed by atoms with Crippen LogP contribution in [-0.4, -0.2) is 9.97 Å². The summed E-state index contributed by atoms with van der Waals surface area (Å²) in [6, 6.07) is 16.8. The van der Waals surface area contributed by atoms with E-state index in [4.69, 9.17) is 11.6 Å². The molecule has 0 bridgehead atoms. The van der Waals surface area contributed by atoms with E-state index in [9.17, 15) is 0 Å². The Morgan fingerprint density at radius 2 is 1.62 bits per heavy atom. The molecular weight excluding hydrogens is 362 g/mol. The molecule has 0 fully saturated rings. The van der Waals surface area contributed by atoms with Gasteiger partial charge in [-0.3, -0.25) is 0 Å². The highest BCUT2D eigenvalue weighted by atomic mass is 35.5. The third kappa shape index (κ3) is 3.18. The molecule has 0 saturated heterocycles. The minimum atomic E-state index is 0.254. The van der Waals surface area contributed by atoms with Gasteiger partial charge in [0.2, 0.25) is 5.28 Å². The predicted octanol–water partition coefficient (Wildman–Crippen LogP) is 6.68. The first-order valence-corrected chi connectivity index (χ1v) is 9.58. The molecule has 5 heteroatoms. The molecule has 0 aliphatic heterocycles. The number of thiophene rings is 1. The predicted molar refractivity (Wildman–Crippen MR) is 112 cm³/mol. The zero-order valence-electron chi connectivity index (χ0n) is 14.8. The van der Waals surface area contributed by atoms with Gasteiger partial charge < -0.3 is 5.32 Å². The maximum Gasteiger partial charge on any atom is 0.225 e. The Morgan fingerprint density at radius 3 is 2.31 bits per heavy atom. The molecule has 0 aliphatic rings. The van der Waals surface area contributed by atoms with E-state index < -0.39 is 0 Å². The average molecular weight is 380 g/mol. The van der Waals surface area contributed by atoms with E-state index in [0.29, 0.717) is 0 Å². The molecule has 1 N–H and O–H groups in total. The highest BCUT2D eigenvalue weighted by Crippen LogP contribution is 2.37. The lowest BCUT2D eigenvalue weighted by molar-refractivity contribution is 1.22. The molecule has 0 aliphatic carbocycles. The van der Waals surface area contributed by atoms with Gasteiger partial charge in [0.15, 0.2) is 0 Å². The smallest absolute Gasteiger partial charge is 0.225 e. The average Bonchev–Trinajstić information content (AvgIpc) is 3.02. The van der Waals surface area contributed by atoms with Gasteiger partial charge in [-0.05, 0) is 55.1 Å². The van der Waals surface area contributed by atoms with Crippen LogP contribution in [0.4, 0.5) is 11.5 Å². The summed E-state index contributed by atoms with van der Waals surface area (Å²) in [7, 11) is 0. The molecule has 130 valence electrons. The molecule has 26 heavy (non-hydrogen) atoms. The molecule has 0 atom stereocenters. The largest absolute Gasteiger partial charge is 0.339 e. The van der Waals surface area contributed by atoms with Gasteiger partial charge in [-0.25, -0.2) is 4.98 Å². The van der Waals surface area contributed by atoms with Gasteiger partial charge in [0, 0.05) is 10.6 Å². The van der Waals surface area contributed by atoms with E-state index in [2.05, 4.69) is 66.4 Å². The van der Waals surface area contributed by atoms with Crippen LogP contribution >= 0.6 is 22.9 Å². The molecule has 2 heterocycles. The van der Waals surface area contributed by atoms with Crippen LogP contribution in [0.2, 0.25) is 5.28 Å². The lowest BCUT2D eigenvalue weighted by atomic mass is 10.1. The van der Waals surface area contributed by atoms with Gasteiger partial charge in [0.25, 0.3) is 0 Å². The number of benzene rings is 2. The summed E-state index contributed by atoms with van der Waals surface area (Å²) in [5.74, 6) is 0.744. The monoisotopic (exact) mass is 379 g/mol. The third-order valence-electron chi connectivity index (χ3n) is 4.34. The molecule has 0 unspecified atom stereocenters. The van der Waals surface area contributed by atoms with Crippen LogP contribution in [0.15, 0.2) is 48.5 Å². The van der Waals surface area contributed by atoms with Crippen molar-refractivity contribution in [3.63, 3.8) is 0 Å². The molecule has 2 aromatic heterocycles. The highest BCUT2D eigenvalue weighted by Gasteiger charge is 2.14. The molecule has 3 nitrogen and oxygen atoms in total. The molecule has 4 rings (SSSR count). The second-order valence-corrected chi connectivity index (χ2v) is 7.80. The van der Waals surface area contributed by atoms with Gasteiger partial charge in [-0.15, -0.1) is 11.3 Å². The van der Waals surface area contributed by atoms with Gasteiger partial charge in [-0.2, -0.15) is 4.98 Å². The summed E-state index contributed by atoms with van der Waals surface area (Å²) in [5.41, 5.74) is 5.85. The van der Waals surface area contributed by atoms with Gasteiger partial charge in [-0.1, -0.05) is 48.0 Å². The van der Waals surface area contributed by atoms with Crippen molar-refractivity contribution < 1.29 is 0 Å². The Labute approximate surface area is 161 Å². The van der Waals surface area contributed by atoms with Crippen molar-refractivity contribution in [1.82, 2.24) is 9.97 Å².